The first-order valence-corrected chi connectivity index (χ1v) is 8.11. The van der Waals surface area contributed by atoms with Crippen molar-refractivity contribution >= 4 is 17.7 Å². The first-order chi connectivity index (χ1) is 8.29. The highest BCUT2D eigenvalue weighted by atomic mass is 32.2. The van der Waals surface area contributed by atoms with E-state index in [4.69, 9.17) is 5.73 Å². The minimum Gasteiger partial charge on any atom is -0.352 e. The van der Waals surface area contributed by atoms with Gasteiger partial charge in [-0.05, 0) is 32.1 Å². The zero-order valence-corrected chi connectivity index (χ0v) is 13.0. The van der Waals surface area contributed by atoms with Crippen LogP contribution in [0.1, 0.15) is 47.0 Å². The molecule has 1 aliphatic rings. The van der Waals surface area contributed by atoms with E-state index in [1.165, 1.54) is 12.8 Å². The van der Waals surface area contributed by atoms with E-state index in [1.54, 1.807) is 11.8 Å². The van der Waals surface area contributed by atoms with E-state index in [0.29, 0.717) is 17.7 Å². The zero-order chi connectivity index (χ0) is 13.8. The van der Waals surface area contributed by atoms with Gasteiger partial charge < -0.3 is 11.1 Å². The van der Waals surface area contributed by atoms with Crippen LogP contribution in [0.3, 0.4) is 0 Å². The third-order valence-electron chi connectivity index (χ3n) is 3.76. The van der Waals surface area contributed by atoms with Gasteiger partial charge in [-0.2, -0.15) is 11.8 Å². The molecule has 0 aromatic carbocycles. The molecular formula is C14H28N2OS. The van der Waals surface area contributed by atoms with Gasteiger partial charge in [0.2, 0.25) is 5.91 Å². The van der Waals surface area contributed by atoms with E-state index in [-0.39, 0.29) is 11.4 Å². The third-order valence-corrected chi connectivity index (χ3v) is 5.17. The average Bonchev–Trinajstić information content (AvgIpc) is 2.23. The standard InChI is InChI=1S/C14H28N2OS/c1-10-6-5-7-12(11(10)2)16-13(17)8-18-9-14(3,4)15/h10-12H,5-9,15H2,1-4H3,(H,16,17). The Morgan fingerprint density at radius 3 is 2.67 bits per heavy atom. The van der Waals surface area contributed by atoms with E-state index in [0.717, 1.165) is 18.1 Å². The predicted octanol–water partition coefficient (Wildman–Crippen LogP) is 2.40. The topological polar surface area (TPSA) is 55.1 Å². The van der Waals surface area contributed by atoms with E-state index in [9.17, 15) is 4.79 Å². The molecule has 3 N–H and O–H groups in total. The quantitative estimate of drug-likeness (QED) is 0.808. The summed E-state index contributed by atoms with van der Waals surface area (Å²) in [5.41, 5.74) is 5.70. The minimum atomic E-state index is -0.197. The van der Waals surface area contributed by atoms with Crippen molar-refractivity contribution in [1.82, 2.24) is 5.32 Å². The molecule has 0 aromatic heterocycles. The lowest BCUT2D eigenvalue weighted by molar-refractivity contribution is -0.119. The summed E-state index contributed by atoms with van der Waals surface area (Å²) in [7, 11) is 0. The van der Waals surface area contributed by atoms with Crippen LogP contribution >= 0.6 is 11.8 Å². The molecule has 3 nitrogen and oxygen atoms in total. The summed E-state index contributed by atoms with van der Waals surface area (Å²) in [6.45, 7) is 8.52. The van der Waals surface area contributed by atoms with Crippen LogP contribution in [0, 0.1) is 11.8 Å². The molecule has 0 spiro atoms. The summed E-state index contributed by atoms with van der Waals surface area (Å²) in [5, 5.41) is 3.18. The Bertz CT molecular complexity index is 275. The van der Waals surface area contributed by atoms with Crippen molar-refractivity contribution in [3.8, 4) is 0 Å². The number of hydrogen-bond donors (Lipinski definition) is 2. The Morgan fingerprint density at radius 2 is 2.06 bits per heavy atom. The molecule has 1 amide bonds. The summed E-state index contributed by atoms with van der Waals surface area (Å²) in [4.78, 5) is 11.9. The van der Waals surface area contributed by atoms with Crippen molar-refractivity contribution in [2.75, 3.05) is 11.5 Å². The maximum Gasteiger partial charge on any atom is 0.230 e. The molecule has 4 heteroatoms. The lowest BCUT2D eigenvalue weighted by Gasteiger charge is -2.34. The molecule has 0 bridgehead atoms. The second-order valence-electron chi connectivity index (χ2n) is 6.42. The number of thioether (sulfide) groups is 1. The Morgan fingerprint density at radius 1 is 1.39 bits per heavy atom. The van der Waals surface area contributed by atoms with Gasteiger partial charge in [0, 0.05) is 17.3 Å². The molecule has 3 unspecified atom stereocenters. The first-order valence-electron chi connectivity index (χ1n) is 6.95. The molecule has 3 atom stereocenters. The van der Waals surface area contributed by atoms with Gasteiger partial charge in [0.1, 0.15) is 0 Å². The fourth-order valence-corrected chi connectivity index (χ4v) is 3.34. The van der Waals surface area contributed by atoms with E-state index in [1.807, 2.05) is 13.8 Å². The van der Waals surface area contributed by atoms with Crippen molar-refractivity contribution in [3.05, 3.63) is 0 Å². The van der Waals surface area contributed by atoms with Crippen molar-refractivity contribution < 1.29 is 4.79 Å². The van der Waals surface area contributed by atoms with Crippen LogP contribution < -0.4 is 11.1 Å². The average molecular weight is 272 g/mol. The van der Waals surface area contributed by atoms with Gasteiger partial charge in [0.15, 0.2) is 0 Å². The highest BCUT2D eigenvalue weighted by molar-refractivity contribution is 8.00. The molecule has 18 heavy (non-hydrogen) atoms. The summed E-state index contributed by atoms with van der Waals surface area (Å²) in [6, 6.07) is 0.368. The van der Waals surface area contributed by atoms with Crippen molar-refractivity contribution in [2.24, 2.45) is 17.6 Å². The van der Waals surface area contributed by atoms with Crippen molar-refractivity contribution in [1.29, 1.82) is 0 Å². The van der Waals surface area contributed by atoms with Crippen LogP contribution in [0.15, 0.2) is 0 Å². The first kappa shape index (κ1) is 15.8. The molecule has 0 saturated heterocycles. The second-order valence-corrected chi connectivity index (χ2v) is 7.41. The molecule has 1 saturated carbocycles. The Balaban J connectivity index is 2.27. The Hall–Kier alpha value is -0.220. The Kier molecular flexibility index (Phi) is 5.99. The smallest absolute Gasteiger partial charge is 0.230 e. The fourth-order valence-electron chi connectivity index (χ4n) is 2.44. The molecule has 0 aliphatic heterocycles. The molecule has 0 heterocycles. The third kappa shape index (κ3) is 5.61. The number of nitrogens with two attached hydrogens (primary N) is 1. The molecule has 0 radical (unpaired) electrons. The van der Waals surface area contributed by atoms with Gasteiger partial charge in [-0.1, -0.05) is 26.7 Å². The largest absolute Gasteiger partial charge is 0.352 e. The minimum absolute atomic E-state index is 0.162. The summed E-state index contributed by atoms with van der Waals surface area (Å²) in [6.07, 6.45) is 3.66. The van der Waals surface area contributed by atoms with Gasteiger partial charge in [-0.3, -0.25) is 4.79 Å². The number of rotatable bonds is 5. The lowest BCUT2D eigenvalue weighted by atomic mass is 9.78. The second kappa shape index (κ2) is 6.80. The SMILES string of the molecule is CC1CCCC(NC(=O)CSCC(C)(C)N)C1C. The number of hydrogen-bond acceptors (Lipinski definition) is 3. The number of carbonyl (C=O) groups excluding carboxylic acids is 1. The number of nitrogens with one attached hydrogen (secondary N) is 1. The zero-order valence-electron chi connectivity index (χ0n) is 12.2. The van der Waals surface area contributed by atoms with Crippen LogP contribution in [0.4, 0.5) is 0 Å². The van der Waals surface area contributed by atoms with Crippen LogP contribution in [-0.2, 0) is 4.79 Å². The highest BCUT2D eigenvalue weighted by Crippen LogP contribution is 2.29. The van der Waals surface area contributed by atoms with E-state index < -0.39 is 0 Å². The van der Waals surface area contributed by atoms with Crippen molar-refractivity contribution in [2.45, 2.75) is 58.5 Å². The van der Waals surface area contributed by atoms with Crippen molar-refractivity contribution in [3.63, 3.8) is 0 Å². The van der Waals surface area contributed by atoms with E-state index >= 15 is 0 Å². The number of amides is 1. The highest BCUT2D eigenvalue weighted by Gasteiger charge is 2.28. The molecule has 0 aromatic rings. The molecular weight excluding hydrogens is 244 g/mol. The predicted molar refractivity (Wildman–Crippen MR) is 79.7 cm³/mol. The molecule has 1 aliphatic carbocycles. The summed E-state index contributed by atoms with van der Waals surface area (Å²) in [5.74, 6) is 2.82. The molecule has 1 fully saturated rings. The van der Waals surface area contributed by atoms with Gasteiger partial charge in [0.05, 0.1) is 5.75 Å². The molecule has 106 valence electrons. The summed E-state index contributed by atoms with van der Waals surface area (Å²) < 4.78 is 0. The van der Waals surface area contributed by atoms with Crippen LogP contribution in [0.5, 0.6) is 0 Å². The lowest BCUT2D eigenvalue weighted by Crippen LogP contribution is -2.44. The van der Waals surface area contributed by atoms with Gasteiger partial charge in [0.25, 0.3) is 0 Å². The maximum atomic E-state index is 11.9. The van der Waals surface area contributed by atoms with Gasteiger partial charge >= 0.3 is 0 Å². The fraction of sp³-hybridized carbons (Fsp3) is 0.929. The maximum absolute atomic E-state index is 11.9. The van der Waals surface area contributed by atoms with E-state index in [2.05, 4.69) is 19.2 Å². The van der Waals surface area contributed by atoms with Gasteiger partial charge in [-0.15, -0.1) is 0 Å². The number of carbonyl (C=O) groups is 1. The van der Waals surface area contributed by atoms with Crippen LogP contribution in [0.25, 0.3) is 0 Å². The normalized spacial score (nSPS) is 29.1. The van der Waals surface area contributed by atoms with Crippen LogP contribution in [-0.4, -0.2) is 29.0 Å². The summed E-state index contributed by atoms with van der Waals surface area (Å²) >= 11 is 1.62. The Labute approximate surface area is 116 Å². The van der Waals surface area contributed by atoms with Gasteiger partial charge in [-0.25, -0.2) is 0 Å². The monoisotopic (exact) mass is 272 g/mol. The van der Waals surface area contributed by atoms with Crippen LogP contribution in [0.2, 0.25) is 0 Å². The molecule has 1 rings (SSSR count).